The summed E-state index contributed by atoms with van der Waals surface area (Å²) in [6.45, 7) is 0. The Morgan fingerprint density at radius 3 is 2.68 bits per heavy atom. The third kappa shape index (κ3) is 2.38. The maximum Gasteiger partial charge on any atom is 0.126 e. The van der Waals surface area contributed by atoms with E-state index in [0.717, 1.165) is 0 Å². The zero-order valence-corrected chi connectivity index (χ0v) is 10.7. The maximum absolute atomic E-state index is 13.4. The SMILES string of the molecule is COc1ccc(F)cc1C(NN)c1cnn(C)c1N. The lowest BCUT2D eigenvalue weighted by molar-refractivity contribution is 0.402. The van der Waals surface area contributed by atoms with Crippen molar-refractivity contribution in [2.24, 2.45) is 12.9 Å². The molecule has 0 aliphatic carbocycles. The quantitative estimate of drug-likeness (QED) is 0.559. The van der Waals surface area contributed by atoms with Crippen LogP contribution < -0.4 is 21.7 Å². The highest BCUT2D eigenvalue weighted by Gasteiger charge is 2.22. The lowest BCUT2D eigenvalue weighted by Gasteiger charge is -2.18. The summed E-state index contributed by atoms with van der Waals surface area (Å²) in [5, 5.41) is 4.05. The molecule has 7 heteroatoms. The van der Waals surface area contributed by atoms with Gasteiger partial charge in [-0.2, -0.15) is 5.10 Å². The van der Waals surface area contributed by atoms with Gasteiger partial charge >= 0.3 is 0 Å². The minimum atomic E-state index is -0.501. The van der Waals surface area contributed by atoms with E-state index >= 15 is 0 Å². The summed E-state index contributed by atoms with van der Waals surface area (Å²) in [5.74, 6) is 6.17. The zero-order valence-electron chi connectivity index (χ0n) is 10.7. The summed E-state index contributed by atoms with van der Waals surface area (Å²) in [5.41, 5.74) is 9.75. The first-order valence-electron chi connectivity index (χ1n) is 5.65. The molecule has 1 atom stereocenters. The first-order chi connectivity index (χ1) is 9.08. The van der Waals surface area contributed by atoms with Gasteiger partial charge in [0.15, 0.2) is 0 Å². The molecule has 0 spiro atoms. The molecule has 0 bridgehead atoms. The Bertz CT molecular complexity index is 583. The molecule has 1 aromatic heterocycles. The van der Waals surface area contributed by atoms with E-state index in [1.165, 1.54) is 23.9 Å². The van der Waals surface area contributed by atoms with Gasteiger partial charge in [0.1, 0.15) is 17.4 Å². The summed E-state index contributed by atoms with van der Waals surface area (Å²) in [4.78, 5) is 0. The van der Waals surface area contributed by atoms with Gasteiger partial charge < -0.3 is 10.5 Å². The molecule has 0 saturated heterocycles. The van der Waals surface area contributed by atoms with Crippen LogP contribution in [0.25, 0.3) is 0 Å². The van der Waals surface area contributed by atoms with E-state index in [-0.39, 0.29) is 5.82 Å². The second-order valence-corrected chi connectivity index (χ2v) is 4.09. The third-order valence-corrected chi connectivity index (χ3v) is 2.99. The Morgan fingerprint density at radius 1 is 1.42 bits per heavy atom. The number of benzene rings is 1. The van der Waals surface area contributed by atoms with Crippen LogP contribution in [0.1, 0.15) is 17.2 Å². The number of nitrogen functional groups attached to an aromatic ring is 1. The molecule has 0 saturated carbocycles. The van der Waals surface area contributed by atoms with Crippen molar-refractivity contribution in [2.45, 2.75) is 6.04 Å². The first kappa shape index (κ1) is 13.3. The van der Waals surface area contributed by atoms with Gasteiger partial charge in [-0.3, -0.25) is 10.5 Å². The Balaban J connectivity index is 2.53. The number of methoxy groups -OCH3 is 1. The van der Waals surface area contributed by atoms with Crippen molar-refractivity contribution in [2.75, 3.05) is 12.8 Å². The van der Waals surface area contributed by atoms with Crippen LogP contribution in [0.4, 0.5) is 10.2 Å². The maximum atomic E-state index is 13.4. The number of hydrogen-bond acceptors (Lipinski definition) is 5. The predicted octanol–water partition coefficient (Wildman–Crippen LogP) is 0.703. The molecule has 0 amide bonds. The number of halogens is 1. The summed E-state index contributed by atoms with van der Waals surface area (Å²) >= 11 is 0. The van der Waals surface area contributed by atoms with Gasteiger partial charge in [0, 0.05) is 18.2 Å². The molecule has 0 fully saturated rings. The summed E-state index contributed by atoms with van der Waals surface area (Å²) in [7, 11) is 3.23. The summed E-state index contributed by atoms with van der Waals surface area (Å²) in [6, 6.07) is 3.72. The Hall–Kier alpha value is -2.12. The number of ether oxygens (including phenoxy) is 1. The van der Waals surface area contributed by atoms with Crippen molar-refractivity contribution < 1.29 is 9.13 Å². The molecule has 1 aromatic carbocycles. The topological polar surface area (TPSA) is 91.1 Å². The summed E-state index contributed by atoms with van der Waals surface area (Å²) < 4.78 is 20.2. The molecule has 102 valence electrons. The number of hydrogen-bond donors (Lipinski definition) is 3. The minimum Gasteiger partial charge on any atom is -0.496 e. The third-order valence-electron chi connectivity index (χ3n) is 2.99. The second-order valence-electron chi connectivity index (χ2n) is 4.09. The Labute approximate surface area is 110 Å². The van der Waals surface area contributed by atoms with Crippen molar-refractivity contribution in [1.29, 1.82) is 0 Å². The number of nitrogens with zero attached hydrogens (tertiary/aromatic N) is 2. The fraction of sp³-hybridized carbons (Fsp3) is 0.250. The van der Waals surface area contributed by atoms with Crippen LogP contribution in [0, 0.1) is 5.82 Å². The molecule has 0 aliphatic heterocycles. The molecule has 2 aromatic rings. The molecular formula is C12H16FN5O. The van der Waals surface area contributed by atoms with E-state index in [1.54, 1.807) is 19.3 Å². The fourth-order valence-corrected chi connectivity index (χ4v) is 1.96. The highest BCUT2D eigenvalue weighted by Crippen LogP contribution is 2.32. The lowest BCUT2D eigenvalue weighted by atomic mass is 10.00. The van der Waals surface area contributed by atoms with E-state index in [0.29, 0.717) is 22.7 Å². The van der Waals surface area contributed by atoms with E-state index in [2.05, 4.69) is 10.5 Å². The monoisotopic (exact) mass is 265 g/mol. The highest BCUT2D eigenvalue weighted by molar-refractivity contribution is 5.49. The van der Waals surface area contributed by atoms with E-state index in [4.69, 9.17) is 16.3 Å². The van der Waals surface area contributed by atoms with Gasteiger partial charge in [0.05, 0.1) is 19.3 Å². The lowest BCUT2D eigenvalue weighted by Crippen LogP contribution is -2.29. The first-order valence-corrected chi connectivity index (χ1v) is 5.65. The number of aromatic nitrogens is 2. The zero-order chi connectivity index (χ0) is 14.0. The molecular weight excluding hydrogens is 249 g/mol. The van der Waals surface area contributed by atoms with Crippen LogP contribution in [0.5, 0.6) is 5.75 Å². The Kier molecular flexibility index (Phi) is 3.68. The highest BCUT2D eigenvalue weighted by atomic mass is 19.1. The van der Waals surface area contributed by atoms with Gasteiger partial charge in [-0.25, -0.2) is 9.82 Å². The second kappa shape index (κ2) is 5.25. The number of nitrogens with two attached hydrogens (primary N) is 2. The van der Waals surface area contributed by atoms with Gasteiger partial charge in [0.25, 0.3) is 0 Å². The van der Waals surface area contributed by atoms with E-state index in [1.807, 2.05) is 0 Å². The van der Waals surface area contributed by atoms with Crippen LogP contribution in [0.15, 0.2) is 24.4 Å². The minimum absolute atomic E-state index is 0.376. The van der Waals surface area contributed by atoms with Crippen molar-refractivity contribution in [3.05, 3.63) is 41.3 Å². The Morgan fingerprint density at radius 2 is 2.16 bits per heavy atom. The normalized spacial score (nSPS) is 12.4. The van der Waals surface area contributed by atoms with Crippen LogP contribution >= 0.6 is 0 Å². The molecule has 0 radical (unpaired) electrons. The average Bonchev–Trinajstić information content (AvgIpc) is 2.72. The van der Waals surface area contributed by atoms with Gasteiger partial charge in [-0.15, -0.1) is 0 Å². The van der Waals surface area contributed by atoms with Crippen LogP contribution in [-0.2, 0) is 7.05 Å². The van der Waals surface area contributed by atoms with Crippen molar-refractivity contribution in [3.63, 3.8) is 0 Å². The molecule has 1 unspecified atom stereocenters. The molecule has 2 rings (SSSR count). The summed E-state index contributed by atoms with van der Waals surface area (Å²) in [6.07, 6.45) is 1.59. The number of anilines is 1. The molecule has 5 N–H and O–H groups in total. The van der Waals surface area contributed by atoms with Crippen molar-refractivity contribution >= 4 is 5.82 Å². The molecule has 0 aliphatic rings. The molecule has 1 heterocycles. The van der Waals surface area contributed by atoms with Crippen LogP contribution in [0.3, 0.4) is 0 Å². The van der Waals surface area contributed by atoms with Crippen molar-refractivity contribution in [3.8, 4) is 5.75 Å². The largest absolute Gasteiger partial charge is 0.496 e. The average molecular weight is 265 g/mol. The number of rotatable bonds is 4. The van der Waals surface area contributed by atoms with Crippen molar-refractivity contribution in [1.82, 2.24) is 15.2 Å². The fourth-order valence-electron chi connectivity index (χ4n) is 1.96. The molecule has 19 heavy (non-hydrogen) atoms. The van der Waals surface area contributed by atoms with Crippen LogP contribution in [0.2, 0.25) is 0 Å². The van der Waals surface area contributed by atoms with E-state index in [9.17, 15) is 4.39 Å². The number of hydrazine groups is 1. The predicted molar refractivity (Wildman–Crippen MR) is 69.7 cm³/mol. The smallest absolute Gasteiger partial charge is 0.126 e. The van der Waals surface area contributed by atoms with Gasteiger partial charge in [-0.05, 0) is 18.2 Å². The standard InChI is InChI=1S/C12H16FN5O/c1-18-12(14)9(6-16-18)11(17-15)8-5-7(13)3-4-10(8)19-2/h3-6,11,17H,14-15H2,1-2H3. The van der Waals surface area contributed by atoms with Gasteiger partial charge in [-0.1, -0.05) is 0 Å². The van der Waals surface area contributed by atoms with E-state index < -0.39 is 6.04 Å². The van der Waals surface area contributed by atoms with Gasteiger partial charge in [0.2, 0.25) is 0 Å². The number of nitrogens with one attached hydrogen (secondary N) is 1. The van der Waals surface area contributed by atoms with Crippen LogP contribution in [-0.4, -0.2) is 16.9 Å². The number of aryl methyl sites for hydroxylation is 1. The molecule has 6 nitrogen and oxygen atoms in total.